The van der Waals surface area contributed by atoms with E-state index in [1.807, 2.05) is 54.6 Å². The Balaban J connectivity index is 1.50. The van der Waals surface area contributed by atoms with E-state index in [1.165, 1.54) is 5.56 Å². The van der Waals surface area contributed by atoms with E-state index in [0.717, 1.165) is 36.0 Å². The molecular weight excluding hydrogens is 338 g/mol. The monoisotopic (exact) mass is 363 g/mol. The highest BCUT2D eigenvalue weighted by molar-refractivity contribution is 5.79. The van der Waals surface area contributed by atoms with Gasteiger partial charge in [-0.2, -0.15) is 0 Å². The lowest BCUT2D eigenvalue weighted by Crippen LogP contribution is -2.38. The SMILES string of the molecule is CN=C(NCCc1ccco1)NCc1ccccc1COc1ccccc1. The molecule has 0 aliphatic heterocycles. The van der Waals surface area contributed by atoms with Crippen LogP contribution in [0.3, 0.4) is 0 Å². The number of furan rings is 1. The maximum absolute atomic E-state index is 5.89. The lowest BCUT2D eigenvalue weighted by molar-refractivity contribution is 0.305. The van der Waals surface area contributed by atoms with Gasteiger partial charge in [0, 0.05) is 26.6 Å². The molecule has 0 aliphatic carbocycles. The Kier molecular flexibility index (Phi) is 6.92. The van der Waals surface area contributed by atoms with Crippen molar-refractivity contribution in [2.24, 2.45) is 4.99 Å². The molecule has 2 aromatic carbocycles. The molecule has 0 atom stereocenters. The van der Waals surface area contributed by atoms with Crippen LogP contribution < -0.4 is 15.4 Å². The third-order valence-corrected chi connectivity index (χ3v) is 4.17. The van der Waals surface area contributed by atoms with Crippen LogP contribution in [0.25, 0.3) is 0 Å². The number of guanidine groups is 1. The first-order chi connectivity index (χ1) is 13.3. The Bertz CT molecular complexity index is 830. The second-order valence-corrected chi connectivity index (χ2v) is 6.05. The van der Waals surface area contributed by atoms with Crippen LogP contribution in [0.1, 0.15) is 16.9 Å². The van der Waals surface area contributed by atoms with Gasteiger partial charge in [0.1, 0.15) is 18.1 Å². The highest BCUT2D eigenvalue weighted by atomic mass is 16.5. The van der Waals surface area contributed by atoms with Gasteiger partial charge in [0.05, 0.1) is 6.26 Å². The first-order valence-corrected chi connectivity index (χ1v) is 9.06. The second kappa shape index (κ2) is 10.1. The predicted molar refractivity (Wildman–Crippen MR) is 108 cm³/mol. The van der Waals surface area contributed by atoms with Gasteiger partial charge >= 0.3 is 0 Å². The number of benzene rings is 2. The van der Waals surface area contributed by atoms with Crippen LogP contribution in [0.5, 0.6) is 5.75 Å². The van der Waals surface area contributed by atoms with Crippen molar-refractivity contribution in [1.82, 2.24) is 10.6 Å². The van der Waals surface area contributed by atoms with E-state index in [1.54, 1.807) is 13.3 Å². The van der Waals surface area contributed by atoms with Gasteiger partial charge in [-0.3, -0.25) is 4.99 Å². The number of nitrogens with zero attached hydrogens (tertiary/aromatic N) is 1. The minimum Gasteiger partial charge on any atom is -0.489 e. The van der Waals surface area contributed by atoms with Gasteiger partial charge in [-0.1, -0.05) is 42.5 Å². The number of aliphatic imine (C=N–C) groups is 1. The van der Waals surface area contributed by atoms with Crippen molar-refractivity contribution in [3.05, 3.63) is 89.9 Å². The molecule has 0 aliphatic rings. The molecule has 3 aromatic rings. The number of nitrogens with one attached hydrogen (secondary N) is 2. The maximum atomic E-state index is 5.89. The number of para-hydroxylation sites is 1. The van der Waals surface area contributed by atoms with Gasteiger partial charge in [0.15, 0.2) is 5.96 Å². The number of ether oxygens (including phenoxy) is 1. The Morgan fingerprint density at radius 2 is 1.70 bits per heavy atom. The largest absolute Gasteiger partial charge is 0.489 e. The van der Waals surface area contributed by atoms with Gasteiger partial charge in [0.2, 0.25) is 0 Å². The molecule has 0 saturated carbocycles. The molecule has 0 bridgehead atoms. The number of hydrogen-bond donors (Lipinski definition) is 2. The lowest BCUT2D eigenvalue weighted by atomic mass is 10.1. The summed E-state index contributed by atoms with van der Waals surface area (Å²) in [6, 6.07) is 22.0. The van der Waals surface area contributed by atoms with Crippen LogP contribution in [0.4, 0.5) is 0 Å². The molecule has 140 valence electrons. The summed E-state index contributed by atoms with van der Waals surface area (Å²) in [7, 11) is 1.77. The minimum atomic E-state index is 0.534. The zero-order chi connectivity index (χ0) is 18.7. The van der Waals surface area contributed by atoms with Crippen LogP contribution in [0, 0.1) is 0 Å². The Morgan fingerprint density at radius 1 is 0.926 bits per heavy atom. The van der Waals surface area contributed by atoms with Gasteiger partial charge in [-0.05, 0) is 35.4 Å². The molecule has 5 heteroatoms. The van der Waals surface area contributed by atoms with Crippen LogP contribution in [0.15, 0.2) is 82.4 Å². The quantitative estimate of drug-likeness (QED) is 0.472. The van der Waals surface area contributed by atoms with Gasteiger partial charge < -0.3 is 19.8 Å². The van der Waals surface area contributed by atoms with E-state index in [-0.39, 0.29) is 0 Å². The van der Waals surface area contributed by atoms with E-state index >= 15 is 0 Å². The van der Waals surface area contributed by atoms with E-state index in [0.29, 0.717) is 13.2 Å². The van der Waals surface area contributed by atoms with Crippen molar-refractivity contribution >= 4 is 5.96 Å². The van der Waals surface area contributed by atoms with Crippen LogP contribution in [-0.2, 0) is 19.6 Å². The van der Waals surface area contributed by atoms with E-state index in [2.05, 4.69) is 27.8 Å². The van der Waals surface area contributed by atoms with Crippen LogP contribution in [0.2, 0.25) is 0 Å². The van der Waals surface area contributed by atoms with Gasteiger partial charge in [-0.25, -0.2) is 0 Å². The molecular formula is C22H25N3O2. The van der Waals surface area contributed by atoms with Crippen LogP contribution in [-0.4, -0.2) is 19.6 Å². The summed E-state index contributed by atoms with van der Waals surface area (Å²) in [6.45, 7) is 1.97. The Labute approximate surface area is 160 Å². The summed E-state index contributed by atoms with van der Waals surface area (Å²) >= 11 is 0. The van der Waals surface area contributed by atoms with E-state index in [4.69, 9.17) is 9.15 Å². The molecule has 0 amide bonds. The Hall–Kier alpha value is -3.21. The molecule has 0 spiro atoms. The molecule has 0 unspecified atom stereocenters. The number of hydrogen-bond acceptors (Lipinski definition) is 3. The highest BCUT2D eigenvalue weighted by Gasteiger charge is 2.05. The zero-order valence-corrected chi connectivity index (χ0v) is 15.5. The van der Waals surface area contributed by atoms with Crippen molar-refractivity contribution in [2.45, 2.75) is 19.6 Å². The molecule has 3 rings (SSSR count). The molecule has 2 N–H and O–H groups in total. The smallest absolute Gasteiger partial charge is 0.191 e. The summed E-state index contributed by atoms with van der Waals surface area (Å²) in [4.78, 5) is 4.28. The lowest BCUT2D eigenvalue weighted by Gasteiger charge is -2.14. The first-order valence-electron chi connectivity index (χ1n) is 9.06. The summed E-state index contributed by atoms with van der Waals surface area (Å²) in [5, 5.41) is 6.66. The van der Waals surface area contributed by atoms with Crippen molar-refractivity contribution in [3.63, 3.8) is 0 Å². The molecule has 0 radical (unpaired) electrons. The fraction of sp³-hybridized carbons (Fsp3) is 0.227. The average Bonchev–Trinajstić information content (AvgIpc) is 3.24. The maximum Gasteiger partial charge on any atom is 0.191 e. The minimum absolute atomic E-state index is 0.534. The van der Waals surface area contributed by atoms with Crippen molar-refractivity contribution in [1.29, 1.82) is 0 Å². The topological polar surface area (TPSA) is 58.8 Å². The van der Waals surface area contributed by atoms with Gasteiger partial charge in [-0.15, -0.1) is 0 Å². The normalized spacial score (nSPS) is 11.2. The van der Waals surface area contributed by atoms with E-state index < -0.39 is 0 Å². The summed E-state index contributed by atoms with van der Waals surface area (Å²) in [5.41, 5.74) is 2.34. The first kappa shape index (κ1) is 18.6. The highest BCUT2D eigenvalue weighted by Crippen LogP contribution is 2.14. The second-order valence-electron chi connectivity index (χ2n) is 6.05. The average molecular weight is 363 g/mol. The fourth-order valence-electron chi connectivity index (χ4n) is 2.71. The third-order valence-electron chi connectivity index (χ3n) is 4.17. The summed E-state index contributed by atoms with van der Waals surface area (Å²) < 4.78 is 11.2. The standard InChI is InChI=1S/C22H25N3O2/c1-23-22(24-14-13-21-12-7-15-26-21)25-16-18-8-5-6-9-19(18)17-27-20-10-3-2-4-11-20/h2-12,15H,13-14,16-17H2,1H3,(H2,23,24,25). The van der Waals surface area contributed by atoms with Crippen molar-refractivity contribution in [3.8, 4) is 5.75 Å². The molecule has 1 aromatic heterocycles. The van der Waals surface area contributed by atoms with Crippen molar-refractivity contribution < 1.29 is 9.15 Å². The number of rotatable bonds is 8. The third kappa shape index (κ3) is 5.92. The zero-order valence-electron chi connectivity index (χ0n) is 15.5. The summed E-state index contributed by atoms with van der Waals surface area (Å²) in [6.07, 6.45) is 2.51. The predicted octanol–water partition coefficient (Wildman–Crippen LogP) is 3.77. The molecule has 27 heavy (non-hydrogen) atoms. The summed E-state index contributed by atoms with van der Waals surface area (Å²) in [5.74, 6) is 2.59. The Morgan fingerprint density at radius 3 is 2.44 bits per heavy atom. The van der Waals surface area contributed by atoms with E-state index in [9.17, 15) is 0 Å². The fourth-order valence-corrected chi connectivity index (χ4v) is 2.71. The van der Waals surface area contributed by atoms with Crippen LogP contribution >= 0.6 is 0 Å². The molecule has 0 saturated heterocycles. The molecule has 0 fully saturated rings. The van der Waals surface area contributed by atoms with Crippen molar-refractivity contribution in [2.75, 3.05) is 13.6 Å². The van der Waals surface area contributed by atoms with Gasteiger partial charge in [0.25, 0.3) is 0 Å². The molecule has 1 heterocycles. The molecule has 5 nitrogen and oxygen atoms in total.